The molecule has 4 aromatic rings. The molecule has 0 radical (unpaired) electrons. The molecule has 0 bridgehead atoms. The van der Waals surface area contributed by atoms with Gasteiger partial charge in [-0.2, -0.15) is 0 Å². The Labute approximate surface area is 204 Å². The molecule has 4 heterocycles. The molecule has 3 aromatic heterocycles. The van der Waals surface area contributed by atoms with Crippen LogP contribution in [0.25, 0.3) is 22.0 Å². The van der Waals surface area contributed by atoms with Gasteiger partial charge < -0.3 is 20.0 Å². The monoisotopic (exact) mass is 468 g/mol. The van der Waals surface area contributed by atoms with Crippen LogP contribution in [-0.2, 0) is 0 Å². The Bertz CT molecular complexity index is 1350. The van der Waals surface area contributed by atoms with Gasteiger partial charge in [0.05, 0.1) is 5.52 Å². The first-order valence-electron chi connectivity index (χ1n) is 11.6. The minimum absolute atomic E-state index is 0.240. The summed E-state index contributed by atoms with van der Waals surface area (Å²) in [5.41, 5.74) is 3.32. The van der Waals surface area contributed by atoms with Crippen molar-refractivity contribution in [2.45, 2.75) is 0 Å². The number of carbonyl (C=O) groups excluding carboxylic acids is 1. The zero-order valence-electron chi connectivity index (χ0n) is 20.1. The molecular formula is C26H28N8O. The van der Waals surface area contributed by atoms with Crippen molar-refractivity contribution in [1.82, 2.24) is 25.1 Å². The molecule has 0 spiro atoms. The number of anilines is 3. The lowest BCUT2D eigenvalue weighted by molar-refractivity contribution is 0.102. The highest BCUT2D eigenvalue weighted by Crippen LogP contribution is 2.25. The Morgan fingerprint density at radius 3 is 2.46 bits per heavy atom. The Balaban J connectivity index is 1.34. The van der Waals surface area contributed by atoms with Crippen LogP contribution in [0.5, 0.6) is 0 Å². The summed E-state index contributed by atoms with van der Waals surface area (Å²) in [6.07, 6.45) is 3.53. The molecule has 1 aliphatic heterocycles. The molecule has 1 fully saturated rings. The molecule has 1 amide bonds. The third-order valence-corrected chi connectivity index (χ3v) is 6.20. The molecule has 9 nitrogen and oxygen atoms in total. The number of hydrogen-bond acceptors (Lipinski definition) is 8. The summed E-state index contributed by atoms with van der Waals surface area (Å²) in [7, 11) is 6.04. The molecule has 178 valence electrons. The number of nitrogens with zero attached hydrogens (tertiary/aromatic N) is 7. The predicted molar refractivity (Wildman–Crippen MR) is 139 cm³/mol. The summed E-state index contributed by atoms with van der Waals surface area (Å²) in [6.45, 7) is 3.73. The SMILES string of the molecule is CN1CCN(c2cc(C(=O)Nc3cc4cc(-c5ccc(N(C)C)nc5)ccc4nn3)ccn2)CC1. The van der Waals surface area contributed by atoms with Crippen LogP contribution in [-0.4, -0.2) is 78.3 Å². The summed E-state index contributed by atoms with van der Waals surface area (Å²) in [5.74, 6) is 1.88. The molecule has 1 saturated heterocycles. The minimum Gasteiger partial charge on any atom is -0.363 e. The van der Waals surface area contributed by atoms with Crippen LogP contribution in [0.4, 0.5) is 17.5 Å². The van der Waals surface area contributed by atoms with Gasteiger partial charge in [0.15, 0.2) is 5.82 Å². The Kier molecular flexibility index (Phi) is 6.24. The van der Waals surface area contributed by atoms with Gasteiger partial charge in [0.1, 0.15) is 11.6 Å². The van der Waals surface area contributed by atoms with E-state index < -0.39 is 0 Å². The highest BCUT2D eigenvalue weighted by Gasteiger charge is 2.17. The van der Waals surface area contributed by atoms with Gasteiger partial charge in [-0.25, -0.2) is 9.97 Å². The van der Waals surface area contributed by atoms with Crippen LogP contribution < -0.4 is 15.1 Å². The summed E-state index contributed by atoms with van der Waals surface area (Å²) in [4.78, 5) is 28.4. The number of hydrogen-bond donors (Lipinski definition) is 1. The van der Waals surface area contributed by atoms with E-state index in [0.717, 1.165) is 59.8 Å². The van der Waals surface area contributed by atoms with Gasteiger partial charge in [0.2, 0.25) is 0 Å². The number of likely N-dealkylation sites (N-methyl/N-ethyl adjacent to an activating group) is 1. The van der Waals surface area contributed by atoms with Crippen molar-refractivity contribution in [1.29, 1.82) is 0 Å². The van der Waals surface area contributed by atoms with E-state index >= 15 is 0 Å². The molecule has 1 N–H and O–H groups in total. The third-order valence-electron chi connectivity index (χ3n) is 6.20. The lowest BCUT2D eigenvalue weighted by Gasteiger charge is -2.33. The maximum Gasteiger partial charge on any atom is 0.257 e. The van der Waals surface area contributed by atoms with Crippen molar-refractivity contribution >= 4 is 34.3 Å². The van der Waals surface area contributed by atoms with Crippen LogP contribution >= 0.6 is 0 Å². The van der Waals surface area contributed by atoms with E-state index in [1.165, 1.54) is 0 Å². The summed E-state index contributed by atoms with van der Waals surface area (Å²) in [6, 6.07) is 15.4. The van der Waals surface area contributed by atoms with Crippen LogP contribution in [0.1, 0.15) is 10.4 Å². The van der Waals surface area contributed by atoms with E-state index in [-0.39, 0.29) is 5.91 Å². The van der Waals surface area contributed by atoms with E-state index in [1.54, 1.807) is 12.3 Å². The van der Waals surface area contributed by atoms with E-state index in [9.17, 15) is 4.79 Å². The maximum atomic E-state index is 13.0. The number of benzene rings is 1. The lowest BCUT2D eigenvalue weighted by Crippen LogP contribution is -2.44. The number of pyridine rings is 2. The second-order valence-electron chi connectivity index (χ2n) is 8.95. The average Bonchev–Trinajstić information content (AvgIpc) is 2.89. The van der Waals surface area contributed by atoms with E-state index in [1.807, 2.05) is 67.7 Å². The van der Waals surface area contributed by atoms with Crippen molar-refractivity contribution in [2.75, 3.05) is 62.4 Å². The molecule has 0 aliphatic carbocycles. The quantitative estimate of drug-likeness (QED) is 0.478. The van der Waals surface area contributed by atoms with Gasteiger partial charge in [-0.1, -0.05) is 6.07 Å². The Morgan fingerprint density at radius 1 is 0.914 bits per heavy atom. The van der Waals surface area contributed by atoms with Gasteiger partial charge >= 0.3 is 0 Å². The van der Waals surface area contributed by atoms with Crippen molar-refractivity contribution in [3.8, 4) is 11.1 Å². The number of amides is 1. The van der Waals surface area contributed by atoms with Gasteiger partial charge in [-0.05, 0) is 55.1 Å². The number of aromatic nitrogens is 4. The summed E-state index contributed by atoms with van der Waals surface area (Å²) >= 11 is 0. The molecule has 0 saturated carbocycles. The summed E-state index contributed by atoms with van der Waals surface area (Å²) < 4.78 is 0. The Hall–Kier alpha value is -4.11. The van der Waals surface area contributed by atoms with Gasteiger partial charge in [-0.3, -0.25) is 4.79 Å². The number of rotatable bonds is 5. The Morgan fingerprint density at radius 2 is 1.71 bits per heavy atom. The first kappa shape index (κ1) is 22.7. The first-order valence-corrected chi connectivity index (χ1v) is 11.6. The zero-order valence-corrected chi connectivity index (χ0v) is 20.1. The average molecular weight is 469 g/mol. The fourth-order valence-corrected chi connectivity index (χ4v) is 4.06. The van der Waals surface area contributed by atoms with Crippen LogP contribution in [0.3, 0.4) is 0 Å². The molecule has 1 aliphatic rings. The van der Waals surface area contributed by atoms with Gasteiger partial charge in [0.25, 0.3) is 5.91 Å². The van der Waals surface area contributed by atoms with E-state index in [4.69, 9.17) is 0 Å². The largest absolute Gasteiger partial charge is 0.363 e. The standard InChI is InChI=1S/C26H28N8O/c1-32(2)24-7-5-20(17-28-24)18-4-6-22-21(14-18)15-23(31-30-22)29-26(35)19-8-9-27-25(16-19)34-12-10-33(3)11-13-34/h4-9,14-17H,10-13H2,1-3H3,(H,29,31,35). The van der Waals surface area contributed by atoms with Crippen molar-refractivity contribution in [3.63, 3.8) is 0 Å². The topological polar surface area (TPSA) is 90.4 Å². The minimum atomic E-state index is -0.240. The molecule has 0 atom stereocenters. The van der Waals surface area contributed by atoms with E-state index in [0.29, 0.717) is 11.4 Å². The smallest absolute Gasteiger partial charge is 0.257 e. The first-order chi connectivity index (χ1) is 17.0. The highest BCUT2D eigenvalue weighted by molar-refractivity contribution is 6.04. The van der Waals surface area contributed by atoms with Crippen LogP contribution in [0, 0.1) is 0 Å². The fraction of sp³-hybridized carbons (Fsp3) is 0.269. The van der Waals surface area contributed by atoms with E-state index in [2.05, 4.69) is 42.3 Å². The zero-order chi connectivity index (χ0) is 24.4. The normalized spacial score (nSPS) is 14.2. The molecule has 1 aromatic carbocycles. The van der Waals surface area contributed by atoms with Crippen molar-refractivity contribution in [2.24, 2.45) is 0 Å². The molecule has 9 heteroatoms. The highest BCUT2D eigenvalue weighted by atomic mass is 16.1. The van der Waals surface area contributed by atoms with Gasteiger partial charge in [-0.15, -0.1) is 10.2 Å². The predicted octanol–water partition coefficient (Wildman–Crippen LogP) is 3.16. The van der Waals surface area contributed by atoms with Gasteiger partial charge in [0, 0.05) is 69.2 Å². The van der Waals surface area contributed by atoms with Crippen molar-refractivity contribution in [3.05, 3.63) is 66.5 Å². The molecule has 5 rings (SSSR count). The second kappa shape index (κ2) is 9.63. The number of nitrogens with one attached hydrogen (secondary N) is 1. The summed E-state index contributed by atoms with van der Waals surface area (Å²) in [5, 5.41) is 12.2. The lowest BCUT2D eigenvalue weighted by atomic mass is 10.1. The van der Waals surface area contributed by atoms with Crippen LogP contribution in [0.15, 0.2) is 60.9 Å². The second-order valence-corrected chi connectivity index (χ2v) is 8.95. The molecule has 0 unspecified atom stereocenters. The number of piperazine rings is 1. The third kappa shape index (κ3) is 5.04. The van der Waals surface area contributed by atoms with Crippen molar-refractivity contribution < 1.29 is 4.79 Å². The molecular weight excluding hydrogens is 440 g/mol. The fourth-order valence-electron chi connectivity index (χ4n) is 4.06. The molecule has 35 heavy (non-hydrogen) atoms. The number of carbonyl (C=O) groups is 1. The number of fused-ring (bicyclic) bond motifs is 1. The van der Waals surface area contributed by atoms with Crippen LogP contribution in [0.2, 0.25) is 0 Å². The maximum absolute atomic E-state index is 13.0.